The molecule has 168 valence electrons. The summed E-state index contributed by atoms with van der Waals surface area (Å²) in [5, 5.41) is 4.41. The molecule has 0 saturated carbocycles. The summed E-state index contributed by atoms with van der Waals surface area (Å²) in [5.41, 5.74) is 7.35. The second kappa shape index (κ2) is 9.21. The minimum Gasteiger partial charge on any atom is -0.481 e. The van der Waals surface area contributed by atoms with Crippen LogP contribution in [0.2, 0.25) is 0 Å². The molecule has 0 radical (unpaired) electrons. The molecule has 3 aromatic heterocycles. The number of hydrogen-bond donors (Lipinski definition) is 1. The predicted octanol–water partition coefficient (Wildman–Crippen LogP) is 2.81. The molecule has 1 aromatic carbocycles. The molecule has 1 saturated heterocycles. The van der Waals surface area contributed by atoms with Crippen molar-refractivity contribution < 1.29 is 9.47 Å². The fourth-order valence-corrected chi connectivity index (χ4v) is 3.64. The van der Waals surface area contributed by atoms with Gasteiger partial charge in [-0.25, -0.2) is 9.97 Å². The zero-order valence-electron chi connectivity index (χ0n) is 18.5. The normalized spacial score (nSPS) is 14.2. The highest BCUT2D eigenvalue weighted by Gasteiger charge is 2.20. The number of ether oxygens (including phenoxy) is 2. The van der Waals surface area contributed by atoms with Gasteiger partial charge in [-0.15, -0.1) is 0 Å². The second-order valence-electron chi connectivity index (χ2n) is 7.60. The lowest BCUT2D eigenvalue weighted by atomic mass is 10.2. The summed E-state index contributed by atoms with van der Waals surface area (Å²) in [6, 6.07) is 11.8. The number of imidazole rings is 1. The smallest absolute Gasteiger partial charge is 0.229 e. The minimum atomic E-state index is 0.512. The second-order valence-corrected chi connectivity index (χ2v) is 7.60. The minimum absolute atomic E-state index is 0.512. The van der Waals surface area contributed by atoms with Crippen LogP contribution in [-0.2, 0) is 4.74 Å². The van der Waals surface area contributed by atoms with Crippen molar-refractivity contribution in [1.29, 1.82) is 0 Å². The molecule has 0 spiro atoms. The summed E-state index contributed by atoms with van der Waals surface area (Å²) in [6.07, 6.45) is 5.17. The lowest BCUT2D eigenvalue weighted by Crippen LogP contribution is -2.37. The first-order valence-electron chi connectivity index (χ1n) is 10.7. The maximum Gasteiger partial charge on any atom is 0.229 e. The molecular weight excluding hydrogens is 420 g/mol. The van der Waals surface area contributed by atoms with Crippen molar-refractivity contribution in [2.75, 3.05) is 43.7 Å². The Morgan fingerprint density at radius 2 is 2.00 bits per heavy atom. The Morgan fingerprint density at radius 3 is 2.82 bits per heavy atom. The van der Waals surface area contributed by atoms with Gasteiger partial charge in [0, 0.05) is 25.4 Å². The molecule has 4 aromatic rings. The molecular formula is C23H24N8O2. The third-order valence-corrected chi connectivity index (χ3v) is 5.31. The number of nitrogens with zero attached hydrogens (tertiary/aromatic N) is 7. The molecule has 0 unspecified atom stereocenters. The molecule has 0 aliphatic carbocycles. The number of morpholine rings is 1. The Morgan fingerprint density at radius 1 is 1.12 bits per heavy atom. The molecule has 33 heavy (non-hydrogen) atoms. The lowest BCUT2D eigenvalue weighted by Gasteiger charge is -2.27. The highest BCUT2D eigenvalue weighted by molar-refractivity contribution is 5.87. The van der Waals surface area contributed by atoms with Crippen LogP contribution in [0.5, 0.6) is 5.88 Å². The van der Waals surface area contributed by atoms with Gasteiger partial charge in [0.15, 0.2) is 17.0 Å². The Labute approximate surface area is 190 Å². The zero-order chi connectivity index (χ0) is 22.6. The Bertz CT molecular complexity index is 1300. The van der Waals surface area contributed by atoms with Crippen LogP contribution in [-0.4, -0.2) is 64.1 Å². The fourth-order valence-electron chi connectivity index (χ4n) is 3.64. The number of rotatable bonds is 6. The topological polar surface area (TPSA) is 103 Å². The van der Waals surface area contributed by atoms with Gasteiger partial charge in [0.25, 0.3) is 0 Å². The molecule has 4 heterocycles. The number of fused-ring (bicyclic) bond motifs is 1. The van der Waals surface area contributed by atoms with E-state index in [0.29, 0.717) is 55.1 Å². The van der Waals surface area contributed by atoms with Crippen molar-refractivity contribution in [2.45, 2.75) is 6.92 Å². The third-order valence-electron chi connectivity index (χ3n) is 5.31. The van der Waals surface area contributed by atoms with E-state index in [1.54, 1.807) is 25.8 Å². The van der Waals surface area contributed by atoms with Crippen molar-refractivity contribution in [3.05, 3.63) is 60.0 Å². The summed E-state index contributed by atoms with van der Waals surface area (Å²) in [5.74, 6) is 1.64. The van der Waals surface area contributed by atoms with E-state index in [1.165, 1.54) is 5.56 Å². The number of benzene rings is 1. The molecule has 0 amide bonds. The summed E-state index contributed by atoms with van der Waals surface area (Å²) in [4.78, 5) is 20.4. The molecule has 1 aliphatic heterocycles. The first kappa shape index (κ1) is 20.8. The van der Waals surface area contributed by atoms with Crippen molar-refractivity contribution in [3.63, 3.8) is 0 Å². The van der Waals surface area contributed by atoms with Crippen molar-refractivity contribution in [2.24, 2.45) is 5.10 Å². The van der Waals surface area contributed by atoms with E-state index in [9.17, 15) is 0 Å². The number of aromatic nitrogens is 5. The van der Waals surface area contributed by atoms with E-state index in [2.05, 4.69) is 31.5 Å². The van der Waals surface area contributed by atoms with Gasteiger partial charge in [0.05, 0.1) is 32.2 Å². The summed E-state index contributed by atoms with van der Waals surface area (Å²) < 4.78 is 12.7. The molecule has 10 heteroatoms. The van der Waals surface area contributed by atoms with Crippen LogP contribution in [0.25, 0.3) is 16.9 Å². The Hall–Kier alpha value is -4.05. The number of nitrogens with one attached hydrogen (secondary N) is 1. The van der Waals surface area contributed by atoms with Crippen LogP contribution in [0, 0.1) is 6.92 Å². The largest absolute Gasteiger partial charge is 0.481 e. The van der Waals surface area contributed by atoms with Crippen molar-refractivity contribution >= 4 is 29.1 Å². The molecule has 5 rings (SSSR count). The number of hydrogen-bond acceptors (Lipinski definition) is 9. The summed E-state index contributed by atoms with van der Waals surface area (Å²) in [7, 11) is 1.59. The van der Waals surface area contributed by atoms with Gasteiger partial charge >= 0.3 is 0 Å². The van der Waals surface area contributed by atoms with Crippen molar-refractivity contribution in [1.82, 2.24) is 24.5 Å². The van der Waals surface area contributed by atoms with Crippen LogP contribution in [0.3, 0.4) is 0 Å². The first-order valence-corrected chi connectivity index (χ1v) is 10.7. The van der Waals surface area contributed by atoms with Gasteiger partial charge in [-0.2, -0.15) is 15.1 Å². The summed E-state index contributed by atoms with van der Waals surface area (Å²) >= 11 is 0. The monoisotopic (exact) mass is 444 g/mol. The quantitative estimate of drug-likeness (QED) is 0.358. The molecule has 1 aliphatic rings. The lowest BCUT2D eigenvalue weighted by molar-refractivity contribution is 0.122. The SMILES string of the molecule is COc1cc(-n2cnc3c(NN=Cc4cccc(C)c4)nc(N4CCOCC4)nc32)ccn1. The van der Waals surface area contributed by atoms with Gasteiger partial charge in [0.2, 0.25) is 11.8 Å². The van der Waals surface area contributed by atoms with E-state index < -0.39 is 0 Å². The van der Waals surface area contributed by atoms with Gasteiger partial charge < -0.3 is 14.4 Å². The molecule has 10 nitrogen and oxygen atoms in total. The van der Waals surface area contributed by atoms with Crippen LogP contribution in [0.4, 0.5) is 11.8 Å². The number of pyridine rings is 1. The van der Waals surface area contributed by atoms with Gasteiger partial charge in [-0.3, -0.25) is 9.99 Å². The van der Waals surface area contributed by atoms with E-state index in [-0.39, 0.29) is 0 Å². The van der Waals surface area contributed by atoms with Gasteiger partial charge in [0.1, 0.15) is 6.33 Å². The highest BCUT2D eigenvalue weighted by atomic mass is 16.5. The maximum absolute atomic E-state index is 5.49. The molecule has 1 fully saturated rings. The third kappa shape index (κ3) is 4.46. The van der Waals surface area contributed by atoms with Crippen LogP contribution in [0.1, 0.15) is 11.1 Å². The average Bonchev–Trinajstić information content (AvgIpc) is 3.29. The average molecular weight is 444 g/mol. The van der Waals surface area contributed by atoms with Crippen molar-refractivity contribution in [3.8, 4) is 11.6 Å². The Kier molecular flexibility index (Phi) is 5.81. The maximum atomic E-state index is 5.49. The molecule has 0 atom stereocenters. The van der Waals surface area contributed by atoms with Gasteiger partial charge in [-0.05, 0) is 18.6 Å². The Balaban J connectivity index is 1.55. The number of aryl methyl sites for hydroxylation is 1. The molecule has 0 bridgehead atoms. The zero-order valence-corrected chi connectivity index (χ0v) is 18.5. The fraction of sp³-hybridized carbons (Fsp3) is 0.261. The standard InChI is InChI=1S/C23H24N8O2/c1-16-4-3-5-17(12-16)14-26-29-21-20-22(28-23(27-21)30-8-10-33-11-9-30)31(15-25-20)18-6-7-24-19(13-18)32-2/h3-7,12-15H,8-11H2,1-2H3,(H,27,28,29). The predicted molar refractivity (Wildman–Crippen MR) is 126 cm³/mol. The first-order chi connectivity index (χ1) is 16.2. The number of hydrazone groups is 1. The summed E-state index contributed by atoms with van der Waals surface area (Å²) in [6.45, 7) is 4.75. The van der Waals surface area contributed by atoms with Gasteiger partial charge in [-0.1, -0.05) is 29.8 Å². The van der Waals surface area contributed by atoms with E-state index in [4.69, 9.17) is 19.4 Å². The van der Waals surface area contributed by atoms with Crippen LogP contribution in [0.15, 0.2) is 54.0 Å². The van der Waals surface area contributed by atoms with E-state index >= 15 is 0 Å². The highest BCUT2D eigenvalue weighted by Crippen LogP contribution is 2.26. The van der Waals surface area contributed by atoms with E-state index in [0.717, 1.165) is 11.3 Å². The van der Waals surface area contributed by atoms with Crippen LogP contribution < -0.4 is 15.1 Å². The molecule has 1 N–H and O–H groups in total. The number of anilines is 2. The van der Waals surface area contributed by atoms with E-state index in [1.807, 2.05) is 41.8 Å². The number of methoxy groups -OCH3 is 1. The van der Waals surface area contributed by atoms with Crippen LogP contribution >= 0.6 is 0 Å².